The second kappa shape index (κ2) is 8.79. The molecule has 0 saturated heterocycles. The van der Waals surface area contributed by atoms with E-state index in [-0.39, 0.29) is 0 Å². The van der Waals surface area contributed by atoms with E-state index in [0.717, 1.165) is 44.9 Å². The fraction of sp³-hybridized carbons (Fsp3) is 0.304. The Balaban J connectivity index is 1.85. The van der Waals surface area contributed by atoms with Crippen molar-refractivity contribution in [3.8, 4) is 17.0 Å². The zero-order chi connectivity index (χ0) is 22.0. The summed E-state index contributed by atoms with van der Waals surface area (Å²) in [6.07, 6.45) is -0.424. The quantitative estimate of drug-likeness (QED) is 0.543. The third-order valence-electron chi connectivity index (χ3n) is 5.21. The van der Waals surface area contributed by atoms with Crippen LogP contribution in [0.15, 0.2) is 36.4 Å². The molecule has 30 heavy (non-hydrogen) atoms. The van der Waals surface area contributed by atoms with Crippen LogP contribution in [0.4, 0.5) is 10.5 Å². The summed E-state index contributed by atoms with van der Waals surface area (Å²) in [5, 5.41) is 5.14. The molecule has 1 heterocycles. The molecule has 0 aliphatic heterocycles. The number of hydrogen-bond donors (Lipinski definition) is 0. The lowest BCUT2D eigenvalue weighted by Crippen LogP contribution is -2.27. The van der Waals surface area contributed by atoms with Crippen LogP contribution in [0.25, 0.3) is 11.3 Å². The second-order valence-electron chi connectivity index (χ2n) is 7.26. The van der Waals surface area contributed by atoms with Crippen LogP contribution in [-0.2, 0) is 18.4 Å². The van der Waals surface area contributed by atoms with Crippen molar-refractivity contribution in [3.05, 3.63) is 63.8 Å². The number of halogens is 1. The first kappa shape index (κ1) is 21.7. The average Bonchev–Trinajstić information content (AvgIpc) is 2.99. The molecule has 0 atom stereocenters. The predicted octanol–water partition coefficient (Wildman–Crippen LogP) is 5.45. The summed E-state index contributed by atoms with van der Waals surface area (Å²) in [6.45, 7) is 6.29. The van der Waals surface area contributed by atoms with E-state index in [4.69, 9.17) is 21.1 Å². The van der Waals surface area contributed by atoms with Gasteiger partial charge in [0.05, 0.1) is 18.5 Å². The topological polar surface area (TPSA) is 56.6 Å². The lowest BCUT2D eigenvalue weighted by atomic mass is 10.0. The van der Waals surface area contributed by atoms with Crippen LogP contribution in [0.3, 0.4) is 0 Å². The van der Waals surface area contributed by atoms with Gasteiger partial charge in [-0.1, -0.05) is 23.7 Å². The Morgan fingerprint density at radius 2 is 1.90 bits per heavy atom. The number of carbonyl (C=O) groups excluding carboxylic acids is 1. The molecule has 0 N–H and O–H groups in total. The molecule has 2 aromatic carbocycles. The van der Waals surface area contributed by atoms with Gasteiger partial charge in [-0.3, -0.25) is 9.58 Å². The van der Waals surface area contributed by atoms with Crippen LogP contribution in [0, 0.1) is 20.8 Å². The minimum absolute atomic E-state index is 0.331. The van der Waals surface area contributed by atoms with Gasteiger partial charge in [0.2, 0.25) is 0 Å². The van der Waals surface area contributed by atoms with Gasteiger partial charge in [-0.15, -0.1) is 0 Å². The minimum Gasteiger partial charge on any atom is -0.489 e. The summed E-state index contributed by atoms with van der Waals surface area (Å²) in [7, 11) is 4.88. The third kappa shape index (κ3) is 4.14. The molecular weight excluding hydrogens is 402 g/mol. The van der Waals surface area contributed by atoms with E-state index in [2.05, 4.69) is 5.10 Å². The molecule has 1 amide bonds. The number of amides is 1. The highest BCUT2D eigenvalue weighted by molar-refractivity contribution is 6.30. The van der Waals surface area contributed by atoms with Crippen LogP contribution < -0.4 is 9.64 Å². The number of ether oxygens (including phenoxy) is 2. The van der Waals surface area contributed by atoms with Crippen LogP contribution in [0.1, 0.15) is 22.3 Å². The van der Waals surface area contributed by atoms with E-state index < -0.39 is 6.09 Å². The summed E-state index contributed by atoms with van der Waals surface area (Å²) < 4.78 is 12.6. The van der Waals surface area contributed by atoms with E-state index in [1.54, 1.807) is 11.7 Å². The molecule has 0 radical (unpaired) electrons. The van der Waals surface area contributed by atoms with Crippen LogP contribution in [0.2, 0.25) is 5.15 Å². The minimum atomic E-state index is -0.424. The zero-order valence-electron chi connectivity index (χ0n) is 18.1. The third-order valence-corrected chi connectivity index (χ3v) is 5.74. The first-order valence-corrected chi connectivity index (χ1v) is 9.95. The van der Waals surface area contributed by atoms with Crippen molar-refractivity contribution in [3.63, 3.8) is 0 Å². The number of aromatic nitrogens is 2. The van der Waals surface area contributed by atoms with Crippen LogP contribution in [-0.4, -0.2) is 30.0 Å². The SMILES string of the molecule is COC(=O)N(C)c1cccc(C)c1COc1ccc(-c2nn(C)c(Cl)c2C)cc1C. The number of methoxy groups -OCH3 is 1. The normalized spacial score (nSPS) is 10.8. The van der Waals surface area contributed by atoms with Gasteiger partial charge < -0.3 is 9.47 Å². The van der Waals surface area contributed by atoms with E-state index in [9.17, 15) is 4.79 Å². The summed E-state index contributed by atoms with van der Waals surface area (Å²) in [4.78, 5) is 13.5. The van der Waals surface area contributed by atoms with Gasteiger partial charge in [-0.25, -0.2) is 4.79 Å². The molecule has 6 nitrogen and oxygen atoms in total. The van der Waals surface area contributed by atoms with E-state index in [0.29, 0.717) is 11.8 Å². The van der Waals surface area contributed by atoms with Gasteiger partial charge in [0.15, 0.2) is 0 Å². The van der Waals surface area contributed by atoms with Crippen molar-refractivity contribution < 1.29 is 14.3 Å². The molecular formula is C23H26ClN3O3. The maximum atomic E-state index is 12.0. The molecule has 0 unspecified atom stereocenters. The van der Waals surface area contributed by atoms with E-state index >= 15 is 0 Å². The monoisotopic (exact) mass is 427 g/mol. The average molecular weight is 428 g/mol. The highest BCUT2D eigenvalue weighted by Crippen LogP contribution is 2.32. The Kier molecular flexibility index (Phi) is 6.37. The summed E-state index contributed by atoms with van der Waals surface area (Å²) >= 11 is 6.26. The Morgan fingerprint density at radius 3 is 2.50 bits per heavy atom. The summed E-state index contributed by atoms with van der Waals surface area (Å²) in [5.41, 5.74) is 6.51. The molecule has 158 valence electrons. The van der Waals surface area contributed by atoms with Crippen molar-refractivity contribution in [1.29, 1.82) is 0 Å². The first-order chi connectivity index (χ1) is 14.2. The lowest BCUT2D eigenvalue weighted by Gasteiger charge is -2.21. The highest BCUT2D eigenvalue weighted by Gasteiger charge is 2.17. The summed E-state index contributed by atoms with van der Waals surface area (Å²) in [5.74, 6) is 0.772. The molecule has 0 bridgehead atoms. The number of rotatable bonds is 5. The van der Waals surface area contributed by atoms with Gasteiger partial charge in [0, 0.05) is 30.8 Å². The molecule has 0 aliphatic rings. The van der Waals surface area contributed by atoms with Crippen molar-refractivity contribution in [2.24, 2.45) is 7.05 Å². The molecule has 7 heteroatoms. The number of hydrogen-bond acceptors (Lipinski definition) is 4. The van der Waals surface area contributed by atoms with Crippen LogP contribution >= 0.6 is 11.6 Å². The number of anilines is 1. The lowest BCUT2D eigenvalue weighted by molar-refractivity contribution is 0.180. The van der Waals surface area contributed by atoms with Crippen LogP contribution in [0.5, 0.6) is 5.75 Å². The fourth-order valence-corrected chi connectivity index (χ4v) is 3.54. The maximum Gasteiger partial charge on any atom is 0.413 e. The number of nitrogens with zero attached hydrogens (tertiary/aromatic N) is 3. The molecule has 0 saturated carbocycles. The fourth-order valence-electron chi connectivity index (χ4n) is 3.42. The van der Waals surface area contributed by atoms with Gasteiger partial charge in [0.25, 0.3) is 0 Å². The maximum absolute atomic E-state index is 12.0. The van der Waals surface area contributed by atoms with Gasteiger partial charge in [-0.05, 0) is 56.2 Å². The van der Waals surface area contributed by atoms with E-state index in [1.165, 1.54) is 12.0 Å². The molecule has 3 rings (SSSR count). The molecule has 0 fully saturated rings. The second-order valence-corrected chi connectivity index (χ2v) is 7.62. The largest absolute Gasteiger partial charge is 0.489 e. The smallest absolute Gasteiger partial charge is 0.413 e. The van der Waals surface area contributed by atoms with Crippen molar-refractivity contribution in [1.82, 2.24) is 9.78 Å². The molecule has 0 spiro atoms. The Bertz CT molecular complexity index is 1090. The number of aryl methyl sites for hydroxylation is 3. The molecule has 3 aromatic rings. The van der Waals surface area contributed by atoms with Gasteiger partial charge in [0.1, 0.15) is 17.5 Å². The Hall–Kier alpha value is -2.99. The number of benzene rings is 2. The van der Waals surface area contributed by atoms with Gasteiger partial charge >= 0.3 is 6.09 Å². The van der Waals surface area contributed by atoms with E-state index in [1.807, 2.05) is 64.2 Å². The zero-order valence-corrected chi connectivity index (χ0v) is 18.9. The highest BCUT2D eigenvalue weighted by atomic mass is 35.5. The first-order valence-electron chi connectivity index (χ1n) is 9.57. The van der Waals surface area contributed by atoms with Crippen molar-refractivity contribution in [2.45, 2.75) is 27.4 Å². The van der Waals surface area contributed by atoms with Gasteiger partial charge in [-0.2, -0.15) is 5.10 Å². The molecule has 1 aromatic heterocycles. The Morgan fingerprint density at radius 1 is 1.17 bits per heavy atom. The number of carbonyl (C=O) groups is 1. The predicted molar refractivity (Wildman–Crippen MR) is 119 cm³/mol. The van der Waals surface area contributed by atoms with Crippen molar-refractivity contribution in [2.75, 3.05) is 19.1 Å². The Labute approximate surface area is 182 Å². The summed E-state index contributed by atoms with van der Waals surface area (Å²) in [6, 6.07) is 11.7. The molecule has 0 aliphatic carbocycles. The standard InChI is InChI=1S/C23H26ClN3O3/c1-14-8-7-9-19(26(4)23(28)29-6)18(14)13-30-20-11-10-17(12-15(20)2)21-16(3)22(24)27(5)25-21/h7-12H,13H2,1-6H3. The van der Waals surface area contributed by atoms with Crippen molar-refractivity contribution >= 4 is 23.4 Å².